The minimum Gasteiger partial charge on any atom is -0.202 e. The summed E-state index contributed by atoms with van der Waals surface area (Å²) >= 11 is 6.29. The second kappa shape index (κ2) is 3.92. The summed E-state index contributed by atoms with van der Waals surface area (Å²) in [5, 5.41) is 7.16. The Balaban J connectivity index is 2.66. The van der Waals surface area contributed by atoms with Crippen molar-refractivity contribution in [2.24, 2.45) is 0 Å². The van der Waals surface area contributed by atoms with Gasteiger partial charge in [-0.05, 0) is 0 Å². The lowest BCUT2D eigenvalue weighted by Gasteiger charge is -1.86. The largest absolute Gasteiger partial charge is 0.291 e. The van der Waals surface area contributed by atoms with Crippen molar-refractivity contribution in [2.45, 2.75) is 12.8 Å². The Kier molecular flexibility index (Phi) is 3.14. The summed E-state index contributed by atoms with van der Waals surface area (Å²) < 4.78 is 23.8. The molecule has 62 valence electrons. The molecule has 0 atom stereocenters. The maximum absolute atomic E-state index is 11.9. The number of aryl methyl sites for hydroxylation is 1. The van der Waals surface area contributed by atoms with Gasteiger partial charge in [0, 0.05) is 12.3 Å². The Morgan fingerprint density at radius 2 is 2.18 bits per heavy atom. The molecule has 1 aromatic rings. The first-order valence-electron chi connectivity index (χ1n) is 2.90. The van der Waals surface area contributed by atoms with E-state index < -0.39 is 6.43 Å². The molecule has 0 aliphatic heterocycles. The van der Waals surface area contributed by atoms with E-state index in [2.05, 4.69) is 10.2 Å². The molecule has 1 aromatic heterocycles. The van der Waals surface area contributed by atoms with E-state index in [0.717, 1.165) is 11.3 Å². The number of aromatic nitrogens is 2. The fourth-order valence-electron chi connectivity index (χ4n) is 0.537. The van der Waals surface area contributed by atoms with Crippen molar-refractivity contribution < 1.29 is 8.78 Å². The average molecular weight is 199 g/mol. The second-order valence-electron chi connectivity index (χ2n) is 1.77. The highest BCUT2D eigenvalue weighted by Crippen LogP contribution is 2.22. The highest BCUT2D eigenvalue weighted by Gasteiger charge is 2.12. The standard InChI is InChI=1S/C5H5ClF2N2S/c6-2-1-3-9-10-5(11-3)4(7)8/h4H,1-2H2. The lowest BCUT2D eigenvalue weighted by atomic mass is 10.5. The maximum Gasteiger partial charge on any atom is 0.291 e. The fourth-order valence-corrected chi connectivity index (χ4v) is 1.53. The molecule has 2 nitrogen and oxygen atoms in total. The molecular weight excluding hydrogens is 194 g/mol. The summed E-state index contributed by atoms with van der Waals surface area (Å²) in [6, 6.07) is 0. The van der Waals surface area contributed by atoms with Gasteiger partial charge in [0.1, 0.15) is 5.01 Å². The fraction of sp³-hybridized carbons (Fsp3) is 0.600. The van der Waals surface area contributed by atoms with Gasteiger partial charge in [-0.1, -0.05) is 11.3 Å². The van der Waals surface area contributed by atoms with E-state index in [0.29, 0.717) is 17.3 Å². The van der Waals surface area contributed by atoms with Crippen LogP contribution in [0.25, 0.3) is 0 Å². The lowest BCUT2D eigenvalue weighted by molar-refractivity contribution is 0.150. The molecular formula is C5H5ClF2N2S. The van der Waals surface area contributed by atoms with Crippen LogP contribution in [-0.4, -0.2) is 16.1 Å². The van der Waals surface area contributed by atoms with Crippen LogP contribution >= 0.6 is 22.9 Å². The van der Waals surface area contributed by atoms with Crippen molar-refractivity contribution in [1.29, 1.82) is 0 Å². The van der Waals surface area contributed by atoms with Crippen LogP contribution in [0.2, 0.25) is 0 Å². The van der Waals surface area contributed by atoms with Crippen LogP contribution < -0.4 is 0 Å². The summed E-state index contributed by atoms with van der Waals surface area (Å²) in [6.07, 6.45) is -2.01. The smallest absolute Gasteiger partial charge is 0.202 e. The number of rotatable bonds is 3. The number of halogens is 3. The summed E-state index contributed by atoms with van der Waals surface area (Å²) in [6.45, 7) is 0. The first kappa shape index (κ1) is 8.80. The van der Waals surface area contributed by atoms with E-state index in [-0.39, 0.29) is 5.01 Å². The van der Waals surface area contributed by atoms with Crippen molar-refractivity contribution in [3.8, 4) is 0 Å². The molecule has 0 bridgehead atoms. The molecule has 11 heavy (non-hydrogen) atoms. The monoisotopic (exact) mass is 198 g/mol. The molecule has 0 radical (unpaired) electrons. The van der Waals surface area contributed by atoms with Crippen LogP contribution in [-0.2, 0) is 6.42 Å². The van der Waals surface area contributed by atoms with Gasteiger partial charge in [-0.3, -0.25) is 0 Å². The predicted molar refractivity (Wildman–Crippen MR) is 39.3 cm³/mol. The van der Waals surface area contributed by atoms with Gasteiger partial charge in [0.2, 0.25) is 0 Å². The van der Waals surface area contributed by atoms with Crippen molar-refractivity contribution in [3.63, 3.8) is 0 Å². The van der Waals surface area contributed by atoms with Crippen LogP contribution in [0.4, 0.5) is 8.78 Å². The number of alkyl halides is 3. The zero-order valence-corrected chi connectivity index (χ0v) is 7.00. The highest BCUT2D eigenvalue weighted by atomic mass is 35.5. The lowest BCUT2D eigenvalue weighted by Crippen LogP contribution is -1.83. The van der Waals surface area contributed by atoms with E-state index in [1.807, 2.05) is 0 Å². The van der Waals surface area contributed by atoms with Crippen LogP contribution in [0, 0.1) is 0 Å². The molecule has 0 aliphatic rings. The van der Waals surface area contributed by atoms with Gasteiger partial charge < -0.3 is 0 Å². The van der Waals surface area contributed by atoms with E-state index >= 15 is 0 Å². The number of hydrogen-bond donors (Lipinski definition) is 0. The molecule has 0 saturated heterocycles. The third-order valence-electron chi connectivity index (χ3n) is 0.978. The SMILES string of the molecule is FC(F)c1nnc(CCCl)s1. The van der Waals surface area contributed by atoms with Crippen molar-refractivity contribution in [2.75, 3.05) is 5.88 Å². The van der Waals surface area contributed by atoms with Crippen LogP contribution in [0.5, 0.6) is 0 Å². The van der Waals surface area contributed by atoms with E-state index in [4.69, 9.17) is 11.6 Å². The van der Waals surface area contributed by atoms with Gasteiger partial charge in [0.15, 0.2) is 5.01 Å². The minimum atomic E-state index is -2.52. The van der Waals surface area contributed by atoms with Crippen LogP contribution in [0.1, 0.15) is 16.4 Å². The van der Waals surface area contributed by atoms with Gasteiger partial charge in [-0.25, -0.2) is 8.78 Å². The van der Waals surface area contributed by atoms with Gasteiger partial charge in [0.25, 0.3) is 6.43 Å². The molecule has 0 amide bonds. The molecule has 1 heterocycles. The Bertz CT molecular complexity index is 228. The first-order valence-corrected chi connectivity index (χ1v) is 4.25. The van der Waals surface area contributed by atoms with Gasteiger partial charge in [-0.15, -0.1) is 21.8 Å². The normalized spacial score (nSPS) is 10.9. The van der Waals surface area contributed by atoms with Crippen molar-refractivity contribution >= 4 is 22.9 Å². The molecule has 0 N–H and O–H groups in total. The third-order valence-corrected chi connectivity index (χ3v) is 2.16. The van der Waals surface area contributed by atoms with E-state index in [9.17, 15) is 8.78 Å². The average Bonchev–Trinajstić information content (AvgIpc) is 2.37. The third kappa shape index (κ3) is 2.34. The van der Waals surface area contributed by atoms with Gasteiger partial charge in [-0.2, -0.15) is 0 Å². The van der Waals surface area contributed by atoms with Crippen LogP contribution in [0.15, 0.2) is 0 Å². The highest BCUT2D eigenvalue weighted by molar-refractivity contribution is 7.11. The van der Waals surface area contributed by atoms with Gasteiger partial charge >= 0.3 is 0 Å². The van der Waals surface area contributed by atoms with Crippen molar-refractivity contribution in [3.05, 3.63) is 10.0 Å². The van der Waals surface area contributed by atoms with E-state index in [1.165, 1.54) is 0 Å². The Labute approximate surface area is 71.2 Å². The molecule has 1 rings (SSSR count). The zero-order chi connectivity index (χ0) is 8.27. The quantitative estimate of drug-likeness (QED) is 0.697. The first-order chi connectivity index (χ1) is 5.24. The minimum absolute atomic E-state index is 0.231. The molecule has 0 spiro atoms. The summed E-state index contributed by atoms with van der Waals surface area (Å²) in [5.74, 6) is 0.387. The topological polar surface area (TPSA) is 25.8 Å². The predicted octanol–water partition coefficient (Wildman–Crippen LogP) is 2.26. The molecule has 0 fully saturated rings. The Morgan fingerprint density at radius 1 is 1.45 bits per heavy atom. The summed E-state index contributed by atoms with van der Waals surface area (Å²) in [4.78, 5) is 0. The zero-order valence-electron chi connectivity index (χ0n) is 5.43. The molecule has 0 unspecified atom stereocenters. The molecule has 6 heteroatoms. The van der Waals surface area contributed by atoms with Gasteiger partial charge in [0.05, 0.1) is 0 Å². The van der Waals surface area contributed by atoms with Crippen molar-refractivity contribution in [1.82, 2.24) is 10.2 Å². The van der Waals surface area contributed by atoms with Crippen LogP contribution in [0.3, 0.4) is 0 Å². The summed E-state index contributed by atoms with van der Waals surface area (Å²) in [5.41, 5.74) is 0. The number of hydrogen-bond acceptors (Lipinski definition) is 3. The van der Waals surface area contributed by atoms with E-state index in [1.54, 1.807) is 0 Å². The molecule has 0 aromatic carbocycles. The Morgan fingerprint density at radius 3 is 2.64 bits per heavy atom. The Hall–Kier alpha value is -0.290. The molecule has 0 aliphatic carbocycles. The number of nitrogens with zero attached hydrogens (tertiary/aromatic N) is 2. The second-order valence-corrected chi connectivity index (χ2v) is 3.25. The molecule has 0 saturated carbocycles. The summed E-state index contributed by atoms with van der Waals surface area (Å²) in [7, 11) is 0. The maximum atomic E-state index is 11.9.